The SMILES string of the molecule is O=C(O)c1cccc(C#CCNc2ccc3nc[nH]c3c2)c1-c1ccccc1. The van der Waals surface area contributed by atoms with Gasteiger partial charge in [-0.15, -0.1) is 0 Å². The van der Waals surface area contributed by atoms with Crippen LogP contribution < -0.4 is 5.32 Å². The molecule has 0 fully saturated rings. The van der Waals surface area contributed by atoms with Crippen LogP contribution in [0.15, 0.2) is 73.1 Å². The van der Waals surface area contributed by atoms with Gasteiger partial charge in [0, 0.05) is 16.8 Å². The Morgan fingerprint density at radius 1 is 1.07 bits per heavy atom. The Bertz CT molecular complexity index is 1200. The number of rotatable bonds is 4. The summed E-state index contributed by atoms with van der Waals surface area (Å²) < 4.78 is 0. The van der Waals surface area contributed by atoms with Crippen LogP contribution in [-0.4, -0.2) is 27.6 Å². The molecule has 0 unspecified atom stereocenters. The zero-order valence-corrected chi connectivity index (χ0v) is 14.9. The van der Waals surface area contributed by atoms with Crippen molar-refractivity contribution in [3.63, 3.8) is 0 Å². The molecule has 0 atom stereocenters. The summed E-state index contributed by atoms with van der Waals surface area (Å²) in [7, 11) is 0. The van der Waals surface area contributed by atoms with Gasteiger partial charge in [-0.2, -0.15) is 0 Å². The second kappa shape index (κ2) is 7.68. The van der Waals surface area contributed by atoms with Crippen molar-refractivity contribution in [3.05, 3.63) is 84.2 Å². The molecule has 28 heavy (non-hydrogen) atoms. The van der Waals surface area contributed by atoms with E-state index in [-0.39, 0.29) is 5.56 Å². The Balaban J connectivity index is 1.60. The molecule has 5 nitrogen and oxygen atoms in total. The van der Waals surface area contributed by atoms with E-state index in [4.69, 9.17) is 0 Å². The summed E-state index contributed by atoms with van der Waals surface area (Å²) in [4.78, 5) is 19.0. The summed E-state index contributed by atoms with van der Waals surface area (Å²) in [6.45, 7) is 0.436. The van der Waals surface area contributed by atoms with Crippen molar-refractivity contribution in [2.75, 3.05) is 11.9 Å². The maximum atomic E-state index is 11.7. The standard InChI is InChI=1S/C23H17N3O2/c27-23(28)19-10-4-8-17(22(19)16-6-2-1-3-7-16)9-5-13-24-18-11-12-20-21(14-18)26-15-25-20/h1-4,6-8,10-12,14-15,24H,13H2,(H,25,26)(H,27,28). The average Bonchev–Trinajstić information content (AvgIpc) is 3.19. The molecule has 0 aliphatic carbocycles. The number of nitrogens with zero attached hydrogens (tertiary/aromatic N) is 1. The Morgan fingerprint density at radius 3 is 2.75 bits per heavy atom. The number of carboxylic acids is 1. The number of hydrogen-bond acceptors (Lipinski definition) is 3. The first-order valence-corrected chi connectivity index (χ1v) is 8.80. The number of aromatic carboxylic acids is 1. The fourth-order valence-corrected chi connectivity index (χ4v) is 3.08. The molecule has 0 radical (unpaired) electrons. The Kier molecular flexibility index (Phi) is 4.77. The lowest BCUT2D eigenvalue weighted by Gasteiger charge is -2.09. The minimum Gasteiger partial charge on any atom is -0.478 e. The highest BCUT2D eigenvalue weighted by Crippen LogP contribution is 2.27. The predicted octanol–water partition coefficient (Wildman–Crippen LogP) is 4.39. The van der Waals surface area contributed by atoms with Gasteiger partial charge in [0.25, 0.3) is 0 Å². The van der Waals surface area contributed by atoms with Crippen LogP contribution >= 0.6 is 0 Å². The van der Waals surface area contributed by atoms with Gasteiger partial charge in [-0.3, -0.25) is 0 Å². The van der Waals surface area contributed by atoms with E-state index in [1.54, 1.807) is 18.5 Å². The Morgan fingerprint density at radius 2 is 1.93 bits per heavy atom. The summed E-state index contributed by atoms with van der Waals surface area (Å²) in [6, 6.07) is 20.5. The second-order valence-electron chi connectivity index (χ2n) is 6.19. The van der Waals surface area contributed by atoms with E-state index in [2.05, 4.69) is 27.1 Å². The van der Waals surface area contributed by atoms with Gasteiger partial charge >= 0.3 is 5.97 Å². The lowest BCUT2D eigenvalue weighted by atomic mass is 9.94. The van der Waals surface area contributed by atoms with Crippen molar-refractivity contribution in [3.8, 4) is 23.0 Å². The molecular weight excluding hydrogens is 350 g/mol. The highest BCUT2D eigenvalue weighted by atomic mass is 16.4. The molecule has 0 amide bonds. The molecule has 0 saturated heterocycles. The van der Waals surface area contributed by atoms with E-state index >= 15 is 0 Å². The van der Waals surface area contributed by atoms with E-state index < -0.39 is 5.97 Å². The monoisotopic (exact) mass is 367 g/mol. The van der Waals surface area contributed by atoms with E-state index in [9.17, 15) is 9.90 Å². The van der Waals surface area contributed by atoms with E-state index in [1.165, 1.54) is 0 Å². The highest BCUT2D eigenvalue weighted by molar-refractivity contribution is 5.97. The van der Waals surface area contributed by atoms with Gasteiger partial charge in [0.15, 0.2) is 0 Å². The van der Waals surface area contributed by atoms with Gasteiger partial charge < -0.3 is 15.4 Å². The second-order valence-corrected chi connectivity index (χ2v) is 6.19. The van der Waals surface area contributed by atoms with Crippen molar-refractivity contribution in [1.82, 2.24) is 9.97 Å². The van der Waals surface area contributed by atoms with Crippen LogP contribution in [0.2, 0.25) is 0 Å². The number of imidazole rings is 1. The van der Waals surface area contributed by atoms with Gasteiger partial charge in [-0.25, -0.2) is 9.78 Å². The minimum absolute atomic E-state index is 0.246. The maximum Gasteiger partial charge on any atom is 0.336 e. The molecule has 0 aliphatic heterocycles. The van der Waals surface area contributed by atoms with Crippen LogP contribution in [0.4, 0.5) is 5.69 Å². The van der Waals surface area contributed by atoms with Crippen LogP contribution in [0.5, 0.6) is 0 Å². The molecule has 0 aliphatic rings. The topological polar surface area (TPSA) is 78.0 Å². The maximum absolute atomic E-state index is 11.7. The van der Waals surface area contributed by atoms with Gasteiger partial charge in [-0.05, 0) is 35.9 Å². The van der Waals surface area contributed by atoms with Crippen molar-refractivity contribution in [1.29, 1.82) is 0 Å². The number of H-pyrrole nitrogens is 1. The number of anilines is 1. The predicted molar refractivity (Wildman–Crippen MR) is 110 cm³/mol. The molecule has 3 N–H and O–H groups in total. The molecule has 0 saturated carbocycles. The van der Waals surface area contributed by atoms with Crippen molar-refractivity contribution in [2.45, 2.75) is 0 Å². The van der Waals surface area contributed by atoms with Gasteiger partial charge in [-0.1, -0.05) is 48.2 Å². The van der Waals surface area contributed by atoms with Crippen molar-refractivity contribution in [2.24, 2.45) is 0 Å². The van der Waals surface area contributed by atoms with Crippen LogP contribution in [0.25, 0.3) is 22.2 Å². The third-order valence-electron chi connectivity index (χ3n) is 4.38. The van der Waals surface area contributed by atoms with Crippen molar-refractivity contribution < 1.29 is 9.90 Å². The number of carboxylic acid groups (broad SMARTS) is 1. The van der Waals surface area contributed by atoms with Gasteiger partial charge in [0.2, 0.25) is 0 Å². The smallest absolute Gasteiger partial charge is 0.336 e. The first-order chi connectivity index (χ1) is 13.7. The zero-order valence-electron chi connectivity index (χ0n) is 14.9. The van der Waals surface area contributed by atoms with Crippen LogP contribution in [0.1, 0.15) is 15.9 Å². The molecule has 4 rings (SSSR count). The largest absolute Gasteiger partial charge is 0.478 e. The Hall–Kier alpha value is -4.04. The molecule has 0 bridgehead atoms. The third-order valence-corrected chi connectivity index (χ3v) is 4.38. The van der Waals surface area contributed by atoms with Crippen LogP contribution in [-0.2, 0) is 0 Å². The molecule has 1 heterocycles. The molecule has 1 aromatic heterocycles. The first kappa shape index (κ1) is 17.4. The number of fused-ring (bicyclic) bond motifs is 1. The van der Waals surface area contributed by atoms with Crippen molar-refractivity contribution >= 4 is 22.7 Å². The van der Waals surface area contributed by atoms with E-state index in [0.29, 0.717) is 17.7 Å². The van der Waals surface area contributed by atoms with Crippen LogP contribution in [0, 0.1) is 11.8 Å². The zero-order chi connectivity index (χ0) is 19.3. The number of aromatic nitrogens is 2. The van der Waals surface area contributed by atoms with Gasteiger partial charge in [0.1, 0.15) is 0 Å². The molecule has 5 heteroatoms. The average molecular weight is 367 g/mol. The van der Waals surface area contributed by atoms with Crippen LogP contribution in [0.3, 0.4) is 0 Å². The first-order valence-electron chi connectivity index (χ1n) is 8.80. The minimum atomic E-state index is -0.964. The summed E-state index contributed by atoms with van der Waals surface area (Å²) >= 11 is 0. The van der Waals surface area contributed by atoms with E-state index in [0.717, 1.165) is 22.3 Å². The Labute approximate surface area is 162 Å². The highest BCUT2D eigenvalue weighted by Gasteiger charge is 2.14. The van der Waals surface area contributed by atoms with Gasteiger partial charge in [0.05, 0.1) is 29.5 Å². The van der Waals surface area contributed by atoms with E-state index in [1.807, 2.05) is 54.6 Å². The fraction of sp³-hybridized carbons (Fsp3) is 0.0435. The quantitative estimate of drug-likeness (QED) is 0.468. The number of carbonyl (C=O) groups is 1. The number of nitrogens with one attached hydrogen (secondary N) is 2. The molecule has 136 valence electrons. The number of benzene rings is 3. The number of hydrogen-bond donors (Lipinski definition) is 3. The normalized spacial score (nSPS) is 10.3. The summed E-state index contributed by atoms with van der Waals surface area (Å²) in [6.07, 6.45) is 1.66. The molecular formula is C23H17N3O2. The molecule has 4 aromatic rings. The summed E-state index contributed by atoms with van der Waals surface area (Å²) in [5, 5.41) is 12.8. The lowest BCUT2D eigenvalue weighted by molar-refractivity contribution is 0.0697. The molecule has 0 spiro atoms. The third kappa shape index (κ3) is 3.57. The lowest BCUT2D eigenvalue weighted by Crippen LogP contribution is -2.02. The number of aromatic amines is 1. The molecule has 3 aromatic carbocycles. The fourth-order valence-electron chi connectivity index (χ4n) is 3.08. The summed E-state index contributed by atoms with van der Waals surface area (Å²) in [5.74, 6) is 5.24. The summed E-state index contributed by atoms with van der Waals surface area (Å²) in [5.41, 5.74) is 5.22.